The van der Waals surface area contributed by atoms with E-state index in [0.29, 0.717) is 57.7 Å². The van der Waals surface area contributed by atoms with Gasteiger partial charge >= 0.3 is 0 Å². The molecule has 2 aliphatic heterocycles. The van der Waals surface area contributed by atoms with Gasteiger partial charge in [0.1, 0.15) is 22.7 Å². The molecule has 234 valence electrons. The Balaban J connectivity index is 1.15. The fraction of sp³-hybridized carbons (Fsp3) is 0.371. The second-order valence-corrected chi connectivity index (χ2v) is 13.4. The number of fused-ring (bicyclic) bond motifs is 5. The smallest absolute Gasteiger partial charge is 0.254 e. The van der Waals surface area contributed by atoms with Gasteiger partial charge in [0.15, 0.2) is 5.82 Å². The van der Waals surface area contributed by atoms with E-state index in [1.807, 2.05) is 40.8 Å². The predicted molar refractivity (Wildman–Crippen MR) is 172 cm³/mol. The van der Waals surface area contributed by atoms with Gasteiger partial charge in [-0.3, -0.25) is 9.59 Å². The van der Waals surface area contributed by atoms with E-state index in [1.165, 1.54) is 0 Å². The molecule has 0 radical (unpaired) electrons. The first-order valence-corrected chi connectivity index (χ1v) is 16.0. The fourth-order valence-electron chi connectivity index (χ4n) is 7.94. The lowest BCUT2D eigenvalue weighted by molar-refractivity contribution is -0.115. The second kappa shape index (κ2) is 9.86. The standard InChI is InChI=1S/C35H34FN7O3/c1-41-32-25(11-20(13-28(32)46-2)35(45)43-16-19-6-10-26(43)31(19)37)40-34(41)27-12-18-5-8-23(39-33(18)42(27)15-17-3-4-17)21-7-9-24-22(30(21)36)14-29(44)38-24/h5,7-9,11-13,17,19,26,31H,3-4,6,10,14-16,37H2,1-2H3,(H,38,44)/t19?,26?,31-/m1/s1. The maximum absolute atomic E-state index is 15.6. The number of imidazole rings is 1. The number of aromatic nitrogens is 4. The number of halogens is 1. The number of carbonyl (C=O) groups is 2. The van der Waals surface area contributed by atoms with E-state index in [9.17, 15) is 9.59 Å². The van der Waals surface area contributed by atoms with Crippen molar-refractivity contribution in [2.24, 2.45) is 24.6 Å². The summed E-state index contributed by atoms with van der Waals surface area (Å²) < 4.78 is 25.7. The van der Waals surface area contributed by atoms with Crippen LogP contribution >= 0.6 is 0 Å². The van der Waals surface area contributed by atoms with Crippen molar-refractivity contribution in [2.75, 3.05) is 19.0 Å². The SMILES string of the molecule is COc1cc(C(=O)N2CC3CCC2[C@@H]3N)cc2nc(-c3cc4ccc(-c5ccc6c(c5F)CC(=O)N6)nc4n3CC3CC3)n(C)c12. The highest BCUT2D eigenvalue weighted by Crippen LogP contribution is 2.41. The van der Waals surface area contributed by atoms with E-state index in [-0.39, 0.29) is 30.3 Å². The van der Waals surface area contributed by atoms with Gasteiger partial charge in [-0.15, -0.1) is 0 Å². The lowest BCUT2D eigenvalue weighted by Gasteiger charge is -2.27. The molecule has 11 heteroatoms. The molecule has 46 heavy (non-hydrogen) atoms. The maximum atomic E-state index is 15.6. The molecule has 2 amide bonds. The van der Waals surface area contributed by atoms with Crippen LogP contribution in [-0.4, -0.2) is 61.6 Å². The van der Waals surface area contributed by atoms with Gasteiger partial charge in [-0.1, -0.05) is 0 Å². The van der Waals surface area contributed by atoms with Crippen LogP contribution in [0.1, 0.15) is 41.6 Å². The molecule has 9 rings (SSSR count). The number of anilines is 1. The highest BCUT2D eigenvalue weighted by atomic mass is 19.1. The molecule has 2 bridgehead atoms. The lowest BCUT2D eigenvalue weighted by atomic mass is 10.0. The van der Waals surface area contributed by atoms with Crippen molar-refractivity contribution in [3.8, 4) is 28.5 Å². The van der Waals surface area contributed by atoms with Gasteiger partial charge in [0.05, 0.1) is 30.4 Å². The molecular formula is C35H34FN7O3. The van der Waals surface area contributed by atoms with E-state index in [2.05, 4.69) is 16.0 Å². The number of methoxy groups -OCH3 is 1. The molecule has 3 atom stereocenters. The summed E-state index contributed by atoms with van der Waals surface area (Å²) in [7, 11) is 3.57. The Bertz CT molecular complexity index is 2130. The van der Waals surface area contributed by atoms with Crippen molar-refractivity contribution in [2.45, 2.75) is 50.7 Å². The number of nitrogens with one attached hydrogen (secondary N) is 1. The summed E-state index contributed by atoms with van der Waals surface area (Å²) in [4.78, 5) is 37.7. The van der Waals surface area contributed by atoms with E-state index in [1.54, 1.807) is 19.2 Å². The normalized spacial score (nSPS) is 21.9. The zero-order chi connectivity index (χ0) is 31.4. The molecule has 2 aliphatic carbocycles. The predicted octanol–water partition coefficient (Wildman–Crippen LogP) is 4.87. The van der Waals surface area contributed by atoms with Crippen molar-refractivity contribution in [3.63, 3.8) is 0 Å². The number of benzene rings is 2. The third kappa shape index (κ3) is 4.03. The third-order valence-corrected chi connectivity index (χ3v) is 10.6. The number of piperidine rings is 1. The number of carbonyl (C=O) groups excluding carboxylic acids is 2. The monoisotopic (exact) mass is 619 g/mol. The Morgan fingerprint density at radius 3 is 2.70 bits per heavy atom. The molecule has 3 N–H and O–H groups in total. The number of amides is 2. The number of aryl methyl sites for hydroxylation is 1. The van der Waals surface area contributed by atoms with Crippen LogP contribution in [0.4, 0.5) is 10.1 Å². The number of hydrogen-bond donors (Lipinski definition) is 2. The van der Waals surface area contributed by atoms with Crippen LogP contribution in [0.5, 0.6) is 5.75 Å². The highest BCUT2D eigenvalue weighted by molar-refractivity contribution is 6.01. The molecule has 2 unspecified atom stereocenters. The van der Waals surface area contributed by atoms with Gasteiger partial charge in [0.25, 0.3) is 5.91 Å². The molecule has 3 fully saturated rings. The van der Waals surface area contributed by atoms with Crippen LogP contribution in [0.2, 0.25) is 0 Å². The number of pyridine rings is 1. The molecule has 5 aromatic rings. The summed E-state index contributed by atoms with van der Waals surface area (Å²) in [6, 6.07) is 13.1. The fourth-order valence-corrected chi connectivity index (χ4v) is 7.94. The summed E-state index contributed by atoms with van der Waals surface area (Å²) in [5, 5.41) is 3.64. The van der Waals surface area contributed by atoms with Gasteiger partial charge in [-0.25, -0.2) is 14.4 Å². The van der Waals surface area contributed by atoms with Crippen LogP contribution in [0.25, 0.3) is 44.8 Å². The van der Waals surface area contributed by atoms with E-state index >= 15 is 4.39 Å². The topological polar surface area (TPSA) is 120 Å². The van der Waals surface area contributed by atoms with Crippen LogP contribution in [0.3, 0.4) is 0 Å². The lowest BCUT2D eigenvalue weighted by Crippen LogP contribution is -2.41. The van der Waals surface area contributed by atoms with Crippen molar-refractivity contribution in [1.29, 1.82) is 0 Å². The zero-order valence-corrected chi connectivity index (χ0v) is 25.7. The summed E-state index contributed by atoms with van der Waals surface area (Å²) in [5.74, 6) is 1.55. The van der Waals surface area contributed by atoms with Crippen LogP contribution in [0.15, 0.2) is 42.5 Å². The summed E-state index contributed by atoms with van der Waals surface area (Å²) in [5.41, 5.74) is 11.9. The summed E-state index contributed by atoms with van der Waals surface area (Å²) >= 11 is 0. The van der Waals surface area contributed by atoms with Gasteiger partial charge < -0.3 is 29.8 Å². The van der Waals surface area contributed by atoms with E-state index < -0.39 is 5.82 Å². The largest absolute Gasteiger partial charge is 0.494 e. The van der Waals surface area contributed by atoms with Gasteiger partial charge in [-0.2, -0.15) is 0 Å². The first-order chi connectivity index (χ1) is 22.3. The molecule has 3 aromatic heterocycles. The van der Waals surface area contributed by atoms with Crippen LogP contribution in [0, 0.1) is 17.7 Å². The highest BCUT2D eigenvalue weighted by Gasteiger charge is 2.47. The Hall–Kier alpha value is -4.77. The molecule has 4 aliphatic rings. The minimum Gasteiger partial charge on any atom is -0.494 e. The molecule has 2 aromatic carbocycles. The van der Waals surface area contributed by atoms with Gasteiger partial charge in [0, 0.05) is 60.0 Å². The summed E-state index contributed by atoms with van der Waals surface area (Å²) in [6.07, 6.45) is 4.33. The summed E-state index contributed by atoms with van der Waals surface area (Å²) in [6.45, 7) is 1.46. The van der Waals surface area contributed by atoms with E-state index in [4.69, 9.17) is 20.4 Å². The van der Waals surface area contributed by atoms with Crippen LogP contribution < -0.4 is 15.8 Å². The molecular weight excluding hydrogens is 585 g/mol. The van der Waals surface area contributed by atoms with Crippen molar-refractivity contribution >= 4 is 39.6 Å². The number of likely N-dealkylation sites (tertiary alicyclic amines) is 1. The number of hydrogen-bond acceptors (Lipinski definition) is 6. The van der Waals surface area contributed by atoms with Gasteiger partial charge in [0.2, 0.25) is 5.91 Å². The molecule has 1 saturated heterocycles. The molecule has 10 nitrogen and oxygen atoms in total. The average Bonchev–Trinajstić information content (AvgIpc) is 3.28. The average molecular weight is 620 g/mol. The number of rotatable bonds is 6. The van der Waals surface area contributed by atoms with Crippen molar-refractivity contribution in [1.82, 2.24) is 24.0 Å². The Morgan fingerprint density at radius 2 is 1.96 bits per heavy atom. The first kappa shape index (κ1) is 27.5. The molecule has 2 saturated carbocycles. The van der Waals surface area contributed by atoms with E-state index in [0.717, 1.165) is 60.3 Å². The van der Waals surface area contributed by atoms with Crippen molar-refractivity contribution < 1.29 is 18.7 Å². The van der Waals surface area contributed by atoms with Gasteiger partial charge in [-0.05, 0) is 80.0 Å². The zero-order valence-electron chi connectivity index (χ0n) is 25.7. The Morgan fingerprint density at radius 1 is 1.11 bits per heavy atom. The first-order valence-electron chi connectivity index (χ1n) is 16.0. The Labute approximate surface area is 264 Å². The number of nitrogens with zero attached hydrogens (tertiary/aromatic N) is 5. The quantitative estimate of drug-likeness (QED) is 0.280. The van der Waals surface area contributed by atoms with Crippen molar-refractivity contribution in [3.05, 3.63) is 59.4 Å². The maximum Gasteiger partial charge on any atom is 0.254 e. The minimum atomic E-state index is -0.417. The minimum absolute atomic E-state index is 0.0234. The number of nitrogens with two attached hydrogens (primary N) is 1. The molecule has 0 spiro atoms. The second-order valence-electron chi connectivity index (χ2n) is 13.4. The Kier molecular flexibility index (Phi) is 5.90. The third-order valence-electron chi connectivity index (χ3n) is 10.6. The molecule has 5 heterocycles. The van der Waals surface area contributed by atoms with Crippen LogP contribution in [-0.2, 0) is 24.8 Å². The number of ether oxygens (including phenoxy) is 1.